The molecule has 2 aromatic carbocycles. The second kappa shape index (κ2) is 4.46. The van der Waals surface area contributed by atoms with E-state index in [1.807, 2.05) is 41.0 Å². The predicted octanol–water partition coefficient (Wildman–Crippen LogP) is 3.43. The van der Waals surface area contributed by atoms with Crippen LogP contribution in [0.2, 0.25) is 0 Å². The van der Waals surface area contributed by atoms with E-state index in [-0.39, 0.29) is 0 Å². The Morgan fingerprint density at radius 2 is 1.89 bits per heavy atom. The van der Waals surface area contributed by atoms with Crippen molar-refractivity contribution in [2.75, 3.05) is 5.73 Å². The molecule has 0 aliphatic rings. The van der Waals surface area contributed by atoms with Crippen LogP contribution in [0.4, 0.5) is 5.95 Å². The molecule has 3 rings (SSSR count). The third-order valence-electron chi connectivity index (χ3n) is 2.92. The van der Waals surface area contributed by atoms with Crippen molar-refractivity contribution in [3.8, 4) is 0 Å². The summed E-state index contributed by atoms with van der Waals surface area (Å²) >= 11 is 3.48. The van der Waals surface area contributed by atoms with Gasteiger partial charge in [-0.2, -0.15) is 0 Å². The highest BCUT2D eigenvalue weighted by Crippen LogP contribution is 2.23. The van der Waals surface area contributed by atoms with Crippen LogP contribution in [-0.4, -0.2) is 9.55 Å². The molecule has 1 heterocycles. The molecule has 0 aliphatic carbocycles. The van der Waals surface area contributed by atoms with Gasteiger partial charge in [0.2, 0.25) is 5.95 Å². The summed E-state index contributed by atoms with van der Waals surface area (Å²) < 4.78 is 3.05. The molecule has 2 N–H and O–H groups in total. The smallest absolute Gasteiger partial charge is 0.201 e. The Balaban J connectivity index is 2.11. The Bertz CT molecular complexity index is 689. The molecule has 0 aliphatic heterocycles. The SMILES string of the molecule is Nc1nc2ccc(Br)cc2n1Cc1ccccc1. The van der Waals surface area contributed by atoms with Gasteiger partial charge in [0.05, 0.1) is 17.6 Å². The van der Waals surface area contributed by atoms with E-state index in [0.717, 1.165) is 22.1 Å². The number of nitrogens with zero attached hydrogens (tertiary/aromatic N) is 2. The number of nitrogen functional groups attached to an aromatic ring is 1. The average molecular weight is 302 g/mol. The number of nitrogens with two attached hydrogens (primary N) is 1. The predicted molar refractivity (Wildman–Crippen MR) is 77.4 cm³/mol. The van der Waals surface area contributed by atoms with Gasteiger partial charge < -0.3 is 10.3 Å². The fourth-order valence-corrected chi connectivity index (χ4v) is 2.40. The van der Waals surface area contributed by atoms with E-state index in [2.05, 4.69) is 33.0 Å². The fraction of sp³-hybridized carbons (Fsp3) is 0.0714. The van der Waals surface area contributed by atoms with E-state index in [1.54, 1.807) is 0 Å². The lowest BCUT2D eigenvalue weighted by Crippen LogP contribution is -2.04. The molecule has 0 saturated carbocycles. The lowest BCUT2D eigenvalue weighted by atomic mass is 10.2. The number of aromatic nitrogens is 2. The molecule has 0 unspecified atom stereocenters. The minimum absolute atomic E-state index is 0.548. The minimum Gasteiger partial charge on any atom is -0.369 e. The van der Waals surface area contributed by atoms with Gasteiger partial charge in [0.15, 0.2) is 0 Å². The monoisotopic (exact) mass is 301 g/mol. The van der Waals surface area contributed by atoms with Crippen molar-refractivity contribution in [3.63, 3.8) is 0 Å². The van der Waals surface area contributed by atoms with Crippen LogP contribution < -0.4 is 5.73 Å². The van der Waals surface area contributed by atoms with Gasteiger partial charge in [0.25, 0.3) is 0 Å². The molecule has 0 radical (unpaired) electrons. The Labute approximate surface area is 113 Å². The van der Waals surface area contributed by atoms with Gasteiger partial charge in [-0.1, -0.05) is 46.3 Å². The van der Waals surface area contributed by atoms with Gasteiger partial charge in [0.1, 0.15) is 0 Å². The van der Waals surface area contributed by atoms with Crippen molar-refractivity contribution in [2.45, 2.75) is 6.54 Å². The summed E-state index contributed by atoms with van der Waals surface area (Å²) in [4.78, 5) is 4.37. The molecular weight excluding hydrogens is 290 g/mol. The standard InChI is InChI=1S/C14H12BrN3/c15-11-6-7-12-13(8-11)18(14(16)17-12)9-10-4-2-1-3-5-10/h1-8H,9H2,(H2,16,17). The molecule has 0 spiro atoms. The summed E-state index contributed by atoms with van der Waals surface area (Å²) in [5.74, 6) is 0.548. The number of halogens is 1. The first-order valence-electron chi connectivity index (χ1n) is 5.69. The summed E-state index contributed by atoms with van der Waals surface area (Å²) in [5, 5.41) is 0. The molecule has 90 valence electrons. The van der Waals surface area contributed by atoms with Crippen molar-refractivity contribution < 1.29 is 0 Å². The summed E-state index contributed by atoms with van der Waals surface area (Å²) in [6.07, 6.45) is 0. The van der Waals surface area contributed by atoms with E-state index in [4.69, 9.17) is 5.73 Å². The summed E-state index contributed by atoms with van der Waals surface area (Å²) in [7, 11) is 0. The van der Waals surface area contributed by atoms with Gasteiger partial charge >= 0.3 is 0 Å². The van der Waals surface area contributed by atoms with Gasteiger partial charge in [-0.25, -0.2) is 4.98 Å². The van der Waals surface area contributed by atoms with Crippen LogP contribution in [0.3, 0.4) is 0 Å². The van der Waals surface area contributed by atoms with Crippen LogP contribution in [0.1, 0.15) is 5.56 Å². The first-order chi connectivity index (χ1) is 8.74. The topological polar surface area (TPSA) is 43.8 Å². The highest BCUT2D eigenvalue weighted by Gasteiger charge is 2.08. The van der Waals surface area contributed by atoms with Crippen LogP contribution in [0, 0.1) is 0 Å². The third-order valence-corrected chi connectivity index (χ3v) is 3.42. The Hall–Kier alpha value is -1.81. The number of fused-ring (bicyclic) bond motifs is 1. The average Bonchev–Trinajstić information content (AvgIpc) is 2.67. The molecule has 3 nitrogen and oxygen atoms in total. The number of rotatable bonds is 2. The Morgan fingerprint density at radius 1 is 1.11 bits per heavy atom. The van der Waals surface area contributed by atoms with Crippen LogP contribution in [0.15, 0.2) is 53.0 Å². The second-order valence-corrected chi connectivity index (χ2v) is 5.09. The van der Waals surface area contributed by atoms with Crippen molar-refractivity contribution in [1.82, 2.24) is 9.55 Å². The number of imidazole rings is 1. The number of benzene rings is 2. The maximum absolute atomic E-state index is 5.99. The molecule has 0 fully saturated rings. The van der Waals surface area contributed by atoms with Gasteiger partial charge in [-0.05, 0) is 23.8 Å². The summed E-state index contributed by atoms with van der Waals surface area (Å²) in [6, 6.07) is 16.2. The first kappa shape index (κ1) is 11.3. The molecule has 1 aromatic heterocycles. The van der Waals surface area contributed by atoms with E-state index in [0.29, 0.717) is 5.95 Å². The van der Waals surface area contributed by atoms with Crippen molar-refractivity contribution in [3.05, 3.63) is 58.6 Å². The minimum atomic E-state index is 0.548. The van der Waals surface area contributed by atoms with Crippen LogP contribution >= 0.6 is 15.9 Å². The summed E-state index contributed by atoms with van der Waals surface area (Å²) in [6.45, 7) is 0.736. The third kappa shape index (κ3) is 1.99. The Kier molecular flexibility index (Phi) is 2.80. The van der Waals surface area contributed by atoms with Gasteiger partial charge in [-0.15, -0.1) is 0 Å². The molecule has 3 aromatic rings. The highest BCUT2D eigenvalue weighted by molar-refractivity contribution is 9.10. The molecule has 4 heteroatoms. The largest absolute Gasteiger partial charge is 0.369 e. The van der Waals surface area contributed by atoms with Crippen molar-refractivity contribution in [2.24, 2.45) is 0 Å². The molecule has 18 heavy (non-hydrogen) atoms. The lowest BCUT2D eigenvalue weighted by molar-refractivity contribution is 0.838. The van der Waals surface area contributed by atoms with Gasteiger partial charge in [0, 0.05) is 4.47 Å². The highest BCUT2D eigenvalue weighted by atomic mass is 79.9. The molecule has 0 atom stereocenters. The van der Waals surface area contributed by atoms with Crippen LogP contribution in [-0.2, 0) is 6.54 Å². The zero-order valence-electron chi connectivity index (χ0n) is 9.68. The zero-order chi connectivity index (χ0) is 12.5. The van der Waals surface area contributed by atoms with Crippen LogP contribution in [0.25, 0.3) is 11.0 Å². The number of anilines is 1. The molecule has 0 amide bonds. The van der Waals surface area contributed by atoms with E-state index in [1.165, 1.54) is 5.56 Å². The fourth-order valence-electron chi connectivity index (χ4n) is 2.05. The molecule has 0 saturated heterocycles. The van der Waals surface area contributed by atoms with Crippen molar-refractivity contribution in [1.29, 1.82) is 0 Å². The molecular formula is C14H12BrN3. The first-order valence-corrected chi connectivity index (χ1v) is 6.48. The molecule has 0 bridgehead atoms. The van der Waals surface area contributed by atoms with E-state index >= 15 is 0 Å². The van der Waals surface area contributed by atoms with Gasteiger partial charge in [-0.3, -0.25) is 0 Å². The second-order valence-electron chi connectivity index (χ2n) is 4.17. The van der Waals surface area contributed by atoms with Crippen LogP contribution in [0.5, 0.6) is 0 Å². The van der Waals surface area contributed by atoms with E-state index in [9.17, 15) is 0 Å². The summed E-state index contributed by atoms with van der Waals surface area (Å²) in [5.41, 5.74) is 9.17. The van der Waals surface area contributed by atoms with E-state index < -0.39 is 0 Å². The maximum atomic E-state index is 5.99. The quantitative estimate of drug-likeness (QED) is 0.788. The van der Waals surface area contributed by atoms with Crippen molar-refractivity contribution >= 4 is 32.9 Å². The normalized spacial score (nSPS) is 10.9. The maximum Gasteiger partial charge on any atom is 0.201 e. The number of hydrogen-bond donors (Lipinski definition) is 1. The zero-order valence-corrected chi connectivity index (χ0v) is 11.3. The lowest BCUT2D eigenvalue weighted by Gasteiger charge is -2.06. The number of hydrogen-bond acceptors (Lipinski definition) is 2. The Morgan fingerprint density at radius 3 is 2.67 bits per heavy atom.